The fourth-order valence-corrected chi connectivity index (χ4v) is 0.425. The SMILES string of the molecule is CCC(OC=O)OC(=O)OC. The maximum atomic E-state index is 10.4. The molecule has 0 amide bonds. The van der Waals surface area contributed by atoms with E-state index in [-0.39, 0.29) is 6.47 Å². The molecular formula is C6H10O5. The van der Waals surface area contributed by atoms with Crippen molar-refractivity contribution >= 4 is 12.6 Å². The summed E-state index contributed by atoms with van der Waals surface area (Å²) >= 11 is 0. The van der Waals surface area contributed by atoms with Crippen LogP contribution in [0.25, 0.3) is 0 Å². The van der Waals surface area contributed by atoms with Gasteiger partial charge in [-0.25, -0.2) is 4.79 Å². The average Bonchev–Trinajstić information content (AvgIpc) is 2.03. The minimum atomic E-state index is -0.862. The molecule has 1 atom stereocenters. The summed E-state index contributed by atoms with van der Waals surface area (Å²) in [4.78, 5) is 20.2. The highest BCUT2D eigenvalue weighted by Crippen LogP contribution is 1.99. The van der Waals surface area contributed by atoms with E-state index in [1.165, 1.54) is 7.11 Å². The highest BCUT2D eigenvalue weighted by atomic mass is 16.8. The zero-order valence-corrected chi connectivity index (χ0v) is 6.40. The summed E-state index contributed by atoms with van der Waals surface area (Å²) in [6, 6.07) is 0. The topological polar surface area (TPSA) is 61.8 Å². The second-order valence-electron chi connectivity index (χ2n) is 1.64. The lowest BCUT2D eigenvalue weighted by atomic mass is 10.5. The molecule has 0 aromatic carbocycles. The highest BCUT2D eigenvalue weighted by Gasteiger charge is 2.11. The van der Waals surface area contributed by atoms with Gasteiger partial charge >= 0.3 is 6.16 Å². The first-order chi connectivity index (χ1) is 5.24. The molecule has 64 valence electrons. The molecule has 0 radical (unpaired) electrons. The van der Waals surface area contributed by atoms with Gasteiger partial charge in [0.2, 0.25) is 0 Å². The second-order valence-corrected chi connectivity index (χ2v) is 1.64. The second kappa shape index (κ2) is 5.52. The Labute approximate surface area is 64.2 Å². The molecule has 5 nitrogen and oxygen atoms in total. The van der Waals surface area contributed by atoms with Crippen LogP contribution in [0.3, 0.4) is 0 Å². The van der Waals surface area contributed by atoms with Crippen LogP contribution in [0.4, 0.5) is 4.79 Å². The lowest BCUT2D eigenvalue weighted by Crippen LogP contribution is -2.19. The van der Waals surface area contributed by atoms with E-state index >= 15 is 0 Å². The first-order valence-corrected chi connectivity index (χ1v) is 3.08. The monoisotopic (exact) mass is 162 g/mol. The summed E-state index contributed by atoms with van der Waals surface area (Å²) in [5.41, 5.74) is 0. The maximum absolute atomic E-state index is 10.4. The largest absolute Gasteiger partial charge is 0.511 e. The van der Waals surface area contributed by atoms with Crippen LogP contribution >= 0.6 is 0 Å². The molecule has 0 aliphatic heterocycles. The molecule has 0 saturated carbocycles. The smallest absolute Gasteiger partial charge is 0.438 e. The number of carbonyl (C=O) groups excluding carboxylic acids is 2. The third kappa shape index (κ3) is 4.19. The predicted molar refractivity (Wildman–Crippen MR) is 34.7 cm³/mol. The molecule has 0 saturated heterocycles. The van der Waals surface area contributed by atoms with Crippen LogP contribution in [0.15, 0.2) is 0 Å². The number of hydrogen-bond donors (Lipinski definition) is 0. The number of ether oxygens (including phenoxy) is 3. The van der Waals surface area contributed by atoms with Crippen LogP contribution in [-0.2, 0) is 19.0 Å². The zero-order valence-electron chi connectivity index (χ0n) is 6.40. The Kier molecular flexibility index (Phi) is 4.89. The summed E-state index contributed by atoms with van der Waals surface area (Å²) in [5.74, 6) is 0. The zero-order chi connectivity index (χ0) is 8.69. The summed E-state index contributed by atoms with van der Waals surface area (Å²) in [5, 5.41) is 0. The van der Waals surface area contributed by atoms with E-state index in [4.69, 9.17) is 0 Å². The van der Waals surface area contributed by atoms with E-state index in [0.717, 1.165) is 0 Å². The van der Waals surface area contributed by atoms with Crippen molar-refractivity contribution in [1.82, 2.24) is 0 Å². The lowest BCUT2D eigenvalue weighted by Gasteiger charge is -2.11. The van der Waals surface area contributed by atoms with Gasteiger partial charge in [-0.05, 0) is 0 Å². The van der Waals surface area contributed by atoms with E-state index in [0.29, 0.717) is 6.42 Å². The van der Waals surface area contributed by atoms with Crippen molar-refractivity contribution in [3.05, 3.63) is 0 Å². The fourth-order valence-electron chi connectivity index (χ4n) is 0.425. The third-order valence-electron chi connectivity index (χ3n) is 0.935. The van der Waals surface area contributed by atoms with Crippen molar-refractivity contribution in [2.45, 2.75) is 19.6 Å². The number of carbonyl (C=O) groups is 2. The molecule has 0 aliphatic carbocycles. The summed E-state index contributed by atoms with van der Waals surface area (Å²) in [6.07, 6.45) is -1.31. The van der Waals surface area contributed by atoms with Crippen LogP contribution in [0, 0.1) is 0 Å². The normalized spacial score (nSPS) is 11.5. The Morgan fingerprint density at radius 2 is 2.27 bits per heavy atom. The van der Waals surface area contributed by atoms with E-state index < -0.39 is 12.4 Å². The first-order valence-electron chi connectivity index (χ1n) is 3.08. The molecular weight excluding hydrogens is 152 g/mol. The van der Waals surface area contributed by atoms with E-state index in [2.05, 4.69) is 14.2 Å². The van der Waals surface area contributed by atoms with Crippen LogP contribution < -0.4 is 0 Å². The van der Waals surface area contributed by atoms with Crippen molar-refractivity contribution in [3.63, 3.8) is 0 Å². The van der Waals surface area contributed by atoms with Gasteiger partial charge in [0.1, 0.15) is 0 Å². The quantitative estimate of drug-likeness (QED) is 0.345. The minimum Gasteiger partial charge on any atom is -0.438 e. The molecule has 0 bridgehead atoms. The molecule has 0 aromatic heterocycles. The van der Waals surface area contributed by atoms with Gasteiger partial charge in [-0.15, -0.1) is 0 Å². The van der Waals surface area contributed by atoms with Gasteiger partial charge in [0.15, 0.2) is 0 Å². The molecule has 0 aromatic rings. The minimum absolute atomic E-state index is 0.219. The van der Waals surface area contributed by atoms with Crippen LogP contribution in [-0.4, -0.2) is 26.0 Å². The van der Waals surface area contributed by atoms with Gasteiger partial charge in [0, 0.05) is 6.42 Å². The lowest BCUT2D eigenvalue weighted by molar-refractivity contribution is -0.155. The molecule has 11 heavy (non-hydrogen) atoms. The standard InChI is InChI=1S/C6H10O5/c1-3-5(10-4-7)11-6(8)9-2/h4-5H,3H2,1-2H3. The van der Waals surface area contributed by atoms with Crippen LogP contribution in [0.5, 0.6) is 0 Å². The number of hydrogen-bond acceptors (Lipinski definition) is 5. The highest BCUT2D eigenvalue weighted by molar-refractivity contribution is 5.59. The van der Waals surface area contributed by atoms with Gasteiger partial charge in [-0.1, -0.05) is 6.92 Å². The van der Waals surface area contributed by atoms with Crippen molar-refractivity contribution in [2.75, 3.05) is 7.11 Å². The molecule has 0 fully saturated rings. The molecule has 0 aliphatic rings. The molecule has 0 heterocycles. The van der Waals surface area contributed by atoms with Gasteiger partial charge in [-0.2, -0.15) is 0 Å². The molecule has 0 rings (SSSR count). The number of methoxy groups -OCH3 is 1. The Bertz CT molecular complexity index is 133. The Balaban J connectivity index is 3.67. The average molecular weight is 162 g/mol. The Morgan fingerprint density at radius 1 is 1.64 bits per heavy atom. The van der Waals surface area contributed by atoms with Crippen LogP contribution in [0.1, 0.15) is 13.3 Å². The van der Waals surface area contributed by atoms with Crippen molar-refractivity contribution in [2.24, 2.45) is 0 Å². The molecule has 0 N–H and O–H groups in total. The van der Waals surface area contributed by atoms with Crippen molar-refractivity contribution in [1.29, 1.82) is 0 Å². The van der Waals surface area contributed by atoms with Crippen molar-refractivity contribution in [3.8, 4) is 0 Å². The molecule has 0 spiro atoms. The van der Waals surface area contributed by atoms with E-state index in [1.807, 2.05) is 0 Å². The van der Waals surface area contributed by atoms with Gasteiger partial charge in [0.25, 0.3) is 12.8 Å². The van der Waals surface area contributed by atoms with E-state index in [9.17, 15) is 9.59 Å². The third-order valence-corrected chi connectivity index (χ3v) is 0.935. The van der Waals surface area contributed by atoms with Crippen molar-refractivity contribution < 1.29 is 23.8 Å². The van der Waals surface area contributed by atoms with Gasteiger partial charge in [-0.3, -0.25) is 4.79 Å². The first kappa shape index (κ1) is 9.74. The predicted octanol–water partition coefficient (Wildman–Crippen LogP) is 0.678. The van der Waals surface area contributed by atoms with Crippen LogP contribution in [0.2, 0.25) is 0 Å². The van der Waals surface area contributed by atoms with Gasteiger partial charge in [0.05, 0.1) is 7.11 Å². The van der Waals surface area contributed by atoms with Gasteiger partial charge < -0.3 is 14.2 Å². The molecule has 5 heteroatoms. The Morgan fingerprint density at radius 3 is 2.64 bits per heavy atom. The Hall–Kier alpha value is -1.26. The summed E-state index contributed by atoms with van der Waals surface area (Å²) in [6.45, 7) is 1.92. The summed E-state index contributed by atoms with van der Waals surface area (Å²) in [7, 11) is 1.18. The summed E-state index contributed by atoms with van der Waals surface area (Å²) < 4.78 is 13.0. The number of rotatable bonds is 4. The molecule has 1 unspecified atom stereocenters. The fraction of sp³-hybridized carbons (Fsp3) is 0.667. The van der Waals surface area contributed by atoms with E-state index in [1.54, 1.807) is 6.92 Å². The maximum Gasteiger partial charge on any atom is 0.511 e.